The molecule has 3 heterocycles. The molecule has 0 fully saturated rings. The Kier molecular flexibility index (Phi) is 5.50. The second-order valence-electron chi connectivity index (χ2n) is 9.70. The van der Waals surface area contributed by atoms with E-state index in [4.69, 9.17) is 15.0 Å². The van der Waals surface area contributed by atoms with Crippen molar-refractivity contribution in [3.8, 4) is 43.5 Å². The molecule has 0 saturated carbocycles. The van der Waals surface area contributed by atoms with Crippen LogP contribution in [0.3, 0.4) is 0 Å². The van der Waals surface area contributed by atoms with E-state index in [1.165, 1.54) is 15.0 Å². The van der Waals surface area contributed by atoms with Crippen molar-refractivity contribution in [2.24, 2.45) is 0 Å². The number of hydrogen-bond acceptors (Lipinski definition) is 5. The molecule has 0 spiro atoms. The number of nitrogens with zero attached hydrogens (tertiary/aromatic N) is 3. The Bertz CT molecular complexity index is 2110. The summed E-state index contributed by atoms with van der Waals surface area (Å²) >= 11 is 3.45. The average Bonchev–Trinajstić information content (AvgIpc) is 3.66. The zero-order chi connectivity index (χ0) is 26.5. The van der Waals surface area contributed by atoms with Gasteiger partial charge in [-0.25, -0.2) is 15.0 Å². The summed E-state index contributed by atoms with van der Waals surface area (Å²) in [7, 11) is 0. The van der Waals surface area contributed by atoms with Crippen LogP contribution in [0, 0.1) is 0 Å². The van der Waals surface area contributed by atoms with Gasteiger partial charge in [-0.15, -0.1) is 22.7 Å². The third kappa shape index (κ3) is 4.08. The van der Waals surface area contributed by atoms with Crippen molar-refractivity contribution < 1.29 is 0 Å². The molecule has 0 atom stereocenters. The topological polar surface area (TPSA) is 38.7 Å². The molecule has 8 rings (SSSR count). The van der Waals surface area contributed by atoms with E-state index in [0.29, 0.717) is 0 Å². The van der Waals surface area contributed by atoms with Gasteiger partial charge in [-0.1, -0.05) is 84.9 Å². The van der Waals surface area contributed by atoms with Crippen molar-refractivity contribution in [1.29, 1.82) is 0 Å². The van der Waals surface area contributed by atoms with Gasteiger partial charge in [-0.3, -0.25) is 0 Å². The monoisotopic (exact) mass is 547 g/mol. The summed E-state index contributed by atoms with van der Waals surface area (Å²) in [4.78, 5) is 14.8. The molecular formula is C35H21N3S2. The first kappa shape index (κ1) is 23.2. The average molecular weight is 548 g/mol. The van der Waals surface area contributed by atoms with Gasteiger partial charge >= 0.3 is 0 Å². The van der Waals surface area contributed by atoms with Crippen molar-refractivity contribution in [2.45, 2.75) is 0 Å². The number of benzene rings is 5. The largest absolute Gasteiger partial charge is 0.248 e. The second-order valence-corrected chi connectivity index (χ2v) is 11.8. The van der Waals surface area contributed by atoms with Crippen LogP contribution >= 0.6 is 22.7 Å². The van der Waals surface area contributed by atoms with E-state index in [-0.39, 0.29) is 0 Å². The van der Waals surface area contributed by atoms with Crippen LogP contribution in [-0.2, 0) is 0 Å². The maximum atomic E-state index is 5.07. The summed E-state index contributed by atoms with van der Waals surface area (Å²) in [5.74, 6) is 0. The van der Waals surface area contributed by atoms with Crippen LogP contribution in [0.25, 0.3) is 74.9 Å². The Morgan fingerprint density at radius 2 is 0.975 bits per heavy atom. The molecule has 0 bridgehead atoms. The SMILES string of the molecule is c1cc(-c2cc(-c3ccc(-c4nc5ccccc5s4)cc3)c3ccccc3n2)cc(-c2nc3ccccc3s2)c1. The fraction of sp³-hybridized carbons (Fsp3) is 0. The predicted molar refractivity (Wildman–Crippen MR) is 170 cm³/mol. The van der Waals surface area contributed by atoms with Crippen LogP contribution in [-0.4, -0.2) is 15.0 Å². The first-order chi connectivity index (χ1) is 19.8. The molecule has 0 amide bonds. The first-order valence-corrected chi connectivity index (χ1v) is 14.7. The van der Waals surface area contributed by atoms with Gasteiger partial charge in [-0.05, 0) is 53.6 Å². The van der Waals surface area contributed by atoms with Gasteiger partial charge in [0.2, 0.25) is 0 Å². The molecule has 188 valence electrons. The maximum Gasteiger partial charge on any atom is 0.124 e. The Balaban J connectivity index is 1.21. The molecule has 8 aromatic rings. The lowest BCUT2D eigenvalue weighted by Crippen LogP contribution is -1.90. The molecule has 3 nitrogen and oxygen atoms in total. The van der Waals surface area contributed by atoms with Crippen LogP contribution in [0.5, 0.6) is 0 Å². The minimum Gasteiger partial charge on any atom is -0.248 e. The van der Waals surface area contributed by atoms with Crippen LogP contribution in [0.4, 0.5) is 0 Å². The molecule has 0 aliphatic carbocycles. The lowest BCUT2D eigenvalue weighted by atomic mass is 9.97. The number of pyridine rings is 1. The second kappa shape index (κ2) is 9.49. The fourth-order valence-electron chi connectivity index (χ4n) is 5.16. The van der Waals surface area contributed by atoms with E-state index >= 15 is 0 Å². The lowest BCUT2D eigenvalue weighted by Gasteiger charge is -2.11. The van der Waals surface area contributed by atoms with Crippen LogP contribution in [0.15, 0.2) is 127 Å². The summed E-state index contributed by atoms with van der Waals surface area (Å²) in [6.07, 6.45) is 0. The van der Waals surface area contributed by atoms with Gasteiger partial charge < -0.3 is 0 Å². The number of rotatable bonds is 4. The van der Waals surface area contributed by atoms with Crippen molar-refractivity contribution in [3.05, 3.63) is 127 Å². The molecule has 0 unspecified atom stereocenters. The van der Waals surface area contributed by atoms with E-state index in [1.807, 2.05) is 12.1 Å². The molecule has 3 aromatic heterocycles. The quantitative estimate of drug-likeness (QED) is 0.220. The maximum absolute atomic E-state index is 5.07. The van der Waals surface area contributed by atoms with E-state index in [2.05, 4.69) is 115 Å². The van der Waals surface area contributed by atoms with Gasteiger partial charge in [0.1, 0.15) is 10.0 Å². The Labute approximate surface area is 239 Å². The molecular weight excluding hydrogens is 527 g/mol. The van der Waals surface area contributed by atoms with Gasteiger partial charge in [0, 0.05) is 22.1 Å². The third-order valence-electron chi connectivity index (χ3n) is 7.15. The highest BCUT2D eigenvalue weighted by molar-refractivity contribution is 7.22. The first-order valence-electron chi connectivity index (χ1n) is 13.1. The Hall–Kier alpha value is -4.71. The number of para-hydroxylation sites is 3. The van der Waals surface area contributed by atoms with Gasteiger partial charge in [0.05, 0.1) is 31.6 Å². The minimum absolute atomic E-state index is 0.951. The van der Waals surface area contributed by atoms with Crippen LogP contribution in [0.2, 0.25) is 0 Å². The summed E-state index contributed by atoms with van der Waals surface area (Å²) < 4.78 is 2.41. The molecule has 5 aromatic carbocycles. The molecule has 0 aliphatic rings. The molecule has 0 aliphatic heterocycles. The number of thiazole rings is 2. The number of hydrogen-bond donors (Lipinski definition) is 0. The highest BCUT2D eigenvalue weighted by atomic mass is 32.1. The molecule has 0 N–H and O–H groups in total. The van der Waals surface area contributed by atoms with E-state index in [0.717, 1.165) is 59.9 Å². The minimum atomic E-state index is 0.951. The zero-order valence-electron chi connectivity index (χ0n) is 21.3. The molecule has 5 heteroatoms. The fourth-order valence-corrected chi connectivity index (χ4v) is 7.09. The standard InChI is InChI=1S/C35H21N3S2/c1-2-11-28-26(10-1)27(22-16-18-23(19-17-22)34-37-29-12-3-5-14-32(29)39-34)21-31(36-28)24-8-7-9-25(20-24)35-38-30-13-4-6-15-33(30)40-35/h1-21H. The number of fused-ring (bicyclic) bond motifs is 3. The normalized spacial score (nSPS) is 11.5. The van der Waals surface area contributed by atoms with E-state index in [1.54, 1.807) is 22.7 Å². The number of aromatic nitrogens is 3. The Morgan fingerprint density at radius 1 is 0.400 bits per heavy atom. The smallest absolute Gasteiger partial charge is 0.124 e. The van der Waals surface area contributed by atoms with Gasteiger partial charge in [0.15, 0.2) is 0 Å². The summed E-state index contributed by atoms with van der Waals surface area (Å²) in [5.41, 5.74) is 9.66. The highest BCUT2D eigenvalue weighted by Crippen LogP contribution is 2.37. The molecule has 0 radical (unpaired) electrons. The zero-order valence-corrected chi connectivity index (χ0v) is 22.9. The van der Waals surface area contributed by atoms with Gasteiger partial charge in [0.25, 0.3) is 0 Å². The lowest BCUT2D eigenvalue weighted by molar-refractivity contribution is 1.39. The molecule has 0 saturated heterocycles. The van der Waals surface area contributed by atoms with E-state index < -0.39 is 0 Å². The highest BCUT2D eigenvalue weighted by Gasteiger charge is 2.13. The van der Waals surface area contributed by atoms with E-state index in [9.17, 15) is 0 Å². The summed E-state index contributed by atoms with van der Waals surface area (Å²) in [5, 5.41) is 3.20. The van der Waals surface area contributed by atoms with Crippen molar-refractivity contribution in [1.82, 2.24) is 15.0 Å². The third-order valence-corrected chi connectivity index (χ3v) is 9.32. The van der Waals surface area contributed by atoms with Crippen LogP contribution < -0.4 is 0 Å². The van der Waals surface area contributed by atoms with Crippen molar-refractivity contribution in [2.75, 3.05) is 0 Å². The summed E-state index contributed by atoms with van der Waals surface area (Å²) in [6.45, 7) is 0. The molecule has 40 heavy (non-hydrogen) atoms. The Morgan fingerprint density at radius 3 is 1.68 bits per heavy atom. The predicted octanol–water partition coefficient (Wildman–Crippen LogP) is 10.1. The van der Waals surface area contributed by atoms with Crippen LogP contribution in [0.1, 0.15) is 0 Å². The van der Waals surface area contributed by atoms with Gasteiger partial charge in [-0.2, -0.15) is 0 Å². The van der Waals surface area contributed by atoms with Crippen molar-refractivity contribution in [3.63, 3.8) is 0 Å². The summed E-state index contributed by atoms with van der Waals surface area (Å²) in [6, 6.07) is 44.5. The van der Waals surface area contributed by atoms with Crippen molar-refractivity contribution >= 4 is 54.0 Å².